The van der Waals surface area contributed by atoms with E-state index in [1.54, 1.807) is 6.07 Å². The number of aromatic nitrogens is 1. The fraction of sp³-hybridized carbons (Fsp3) is 0.529. The molecule has 128 valence electrons. The molecule has 0 aliphatic carbocycles. The van der Waals surface area contributed by atoms with Crippen molar-refractivity contribution < 1.29 is 19.7 Å². The van der Waals surface area contributed by atoms with Crippen molar-refractivity contribution >= 4 is 10.9 Å². The molecule has 1 atom stereocenters. The lowest BCUT2D eigenvalue weighted by atomic mass is 10.1. The normalized spacial score (nSPS) is 13.2. The molecule has 0 radical (unpaired) electrons. The van der Waals surface area contributed by atoms with Gasteiger partial charge >= 0.3 is 0 Å². The minimum Gasteiger partial charge on any atom is -0.395 e. The number of aryl methyl sites for hydroxylation is 1. The van der Waals surface area contributed by atoms with Crippen LogP contribution in [0.5, 0.6) is 0 Å². The van der Waals surface area contributed by atoms with Crippen LogP contribution >= 0.6 is 0 Å². The van der Waals surface area contributed by atoms with Crippen LogP contribution in [0.25, 0.3) is 10.9 Å². The zero-order chi connectivity index (χ0) is 17.0. The van der Waals surface area contributed by atoms with Gasteiger partial charge in [-0.25, -0.2) is 4.39 Å². The molecule has 1 aromatic carbocycles. The second kappa shape index (κ2) is 7.88. The number of hydrogen-bond acceptors (Lipinski definition) is 4. The summed E-state index contributed by atoms with van der Waals surface area (Å²) in [5.41, 5.74) is 2.91. The third-order valence-electron chi connectivity index (χ3n) is 4.30. The highest BCUT2D eigenvalue weighted by molar-refractivity contribution is 5.85. The van der Waals surface area contributed by atoms with Gasteiger partial charge in [-0.1, -0.05) is 0 Å². The molecular formula is C17H25FN2O3. The second-order valence-corrected chi connectivity index (χ2v) is 5.88. The molecule has 0 saturated carbocycles. The van der Waals surface area contributed by atoms with Gasteiger partial charge in [0.2, 0.25) is 0 Å². The summed E-state index contributed by atoms with van der Waals surface area (Å²) in [6.07, 6.45) is -0.646. The van der Waals surface area contributed by atoms with Gasteiger partial charge in [-0.15, -0.1) is 0 Å². The maximum atomic E-state index is 13.4. The van der Waals surface area contributed by atoms with Crippen LogP contribution in [0.2, 0.25) is 0 Å². The van der Waals surface area contributed by atoms with Gasteiger partial charge in [0.15, 0.2) is 0 Å². The van der Waals surface area contributed by atoms with E-state index in [0.29, 0.717) is 26.2 Å². The molecule has 2 rings (SSSR count). The van der Waals surface area contributed by atoms with Crippen LogP contribution in [0.15, 0.2) is 18.2 Å². The molecule has 0 unspecified atom stereocenters. The predicted molar refractivity (Wildman–Crippen MR) is 88.0 cm³/mol. The molecule has 0 spiro atoms. The standard InChI is InChI=1S/C17H25FN2O3/c1-12-13(2)20(17-4-3-14(18)9-16(12)17)11-15(23)10-19(5-7-21)6-8-22/h3-4,9,15,21-23H,5-8,10-11H2,1-2H3/t15-/m1/s1. The fourth-order valence-corrected chi connectivity index (χ4v) is 3.00. The molecule has 23 heavy (non-hydrogen) atoms. The third-order valence-corrected chi connectivity index (χ3v) is 4.30. The van der Waals surface area contributed by atoms with Crippen molar-refractivity contribution in [2.45, 2.75) is 26.5 Å². The molecule has 1 aromatic heterocycles. The van der Waals surface area contributed by atoms with E-state index in [9.17, 15) is 9.50 Å². The van der Waals surface area contributed by atoms with Gasteiger partial charge < -0.3 is 19.9 Å². The van der Waals surface area contributed by atoms with Crippen LogP contribution in [0.1, 0.15) is 11.3 Å². The number of aliphatic hydroxyl groups is 3. The molecule has 0 aliphatic heterocycles. The van der Waals surface area contributed by atoms with Gasteiger partial charge in [-0.3, -0.25) is 4.90 Å². The first-order valence-corrected chi connectivity index (χ1v) is 7.85. The zero-order valence-electron chi connectivity index (χ0n) is 13.7. The quantitative estimate of drug-likeness (QED) is 0.679. The van der Waals surface area contributed by atoms with Crippen molar-refractivity contribution in [2.75, 3.05) is 32.8 Å². The van der Waals surface area contributed by atoms with E-state index in [4.69, 9.17) is 10.2 Å². The first-order valence-electron chi connectivity index (χ1n) is 7.85. The van der Waals surface area contributed by atoms with Crippen molar-refractivity contribution in [3.05, 3.63) is 35.3 Å². The van der Waals surface area contributed by atoms with Crippen molar-refractivity contribution in [3.8, 4) is 0 Å². The first kappa shape index (κ1) is 17.9. The molecular weight excluding hydrogens is 299 g/mol. The maximum absolute atomic E-state index is 13.4. The summed E-state index contributed by atoms with van der Waals surface area (Å²) in [6, 6.07) is 4.68. The minimum atomic E-state index is -0.646. The van der Waals surface area contributed by atoms with E-state index in [0.717, 1.165) is 22.2 Å². The largest absolute Gasteiger partial charge is 0.395 e. The molecule has 0 aliphatic rings. The summed E-state index contributed by atoms with van der Waals surface area (Å²) < 4.78 is 15.4. The summed E-state index contributed by atoms with van der Waals surface area (Å²) >= 11 is 0. The number of benzene rings is 1. The summed E-state index contributed by atoms with van der Waals surface area (Å²) in [7, 11) is 0. The Balaban J connectivity index is 2.19. The van der Waals surface area contributed by atoms with Crippen LogP contribution in [0, 0.1) is 19.7 Å². The van der Waals surface area contributed by atoms with E-state index >= 15 is 0 Å². The number of fused-ring (bicyclic) bond motifs is 1. The Kier molecular flexibility index (Phi) is 6.12. The fourth-order valence-electron chi connectivity index (χ4n) is 3.00. The molecule has 2 aromatic rings. The molecule has 0 amide bonds. The maximum Gasteiger partial charge on any atom is 0.123 e. The average molecular weight is 324 g/mol. The molecule has 6 heteroatoms. The highest BCUT2D eigenvalue weighted by atomic mass is 19.1. The van der Waals surface area contributed by atoms with Crippen molar-refractivity contribution in [2.24, 2.45) is 0 Å². The number of halogens is 1. The number of nitrogens with zero attached hydrogens (tertiary/aromatic N) is 2. The van der Waals surface area contributed by atoms with E-state index in [1.165, 1.54) is 12.1 Å². The molecule has 3 N–H and O–H groups in total. The van der Waals surface area contributed by atoms with Crippen LogP contribution < -0.4 is 0 Å². The van der Waals surface area contributed by atoms with E-state index in [1.807, 2.05) is 23.3 Å². The van der Waals surface area contributed by atoms with Crippen molar-refractivity contribution in [1.82, 2.24) is 9.47 Å². The SMILES string of the molecule is Cc1c(C)n(C[C@H](O)CN(CCO)CCO)c2ccc(F)cc12. The molecule has 0 fully saturated rings. The van der Waals surface area contributed by atoms with Gasteiger partial charge in [-0.2, -0.15) is 0 Å². The topological polar surface area (TPSA) is 68.9 Å². The number of aliphatic hydroxyl groups excluding tert-OH is 3. The Morgan fingerprint density at radius 2 is 1.83 bits per heavy atom. The Bertz CT molecular complexity index is 651. The van der Waals surface area contributed by atoms with Crippen LogP contribution in [-0.4, -0.2) is 63.7 Å². The Morgan fingerprint density at radius 3 is 2.43 bits per heavy atom. The van der Waals surface area contributed by atoms with Gasteiger partial charge in [0, 0.05) is 36.2 Å². The molecule has 0 bridgehead atoms. The van der Waals surface area contributed by atoms with Gasteiger partial charge in [0.25, 0.3) is 0 Å². The van der Waals surface area contributed by atoms with Gasteiger partial charge in [0.1, 0.15) is 5.82 Å². The minimum absolute atomic E-state index is 0.0173. The summed E-state index contributed by atoms with van der Waals surface area (Å²) in [6.45, 7) is 5.44. The molecule has 0 saturated heterocycles. The van der Waals surface area contributed by atoms with Gasteiger partial charge in [-0.05, 0) is 37.6 Å². The lowest BCUT2D eigenvalue weighted by molar-refractivity contribution is 0.0777. The second-order valence-electron chi connectivity index (χ2n) is 5.88. The van der Waals surface area contributed by atoms with Crippen molar-refractivity contribution in [1.29, 1.82) is 0 Å². The van der Waals surface area contributed by atoms with E-state index < -0.39 is 6.10 Å². The lowest BCUT2D eigenvalue weighted by Crippen LogP contribution is -2.38. The lowest BCUT2D eigenvalue weighted by Gasteiger charge is -2.24. The number of hydrogen-bond donors (Lipinski definition) is 3. The predicted octanol–water partition coefficient (Wildman–Crippen LogP) is 1.04. The van der Waals surface area contributed by atoms with Crippen LogP contribution in [0.3, 0.4) is 0 Å². The van der Waals surface area contributed by atoms with E-state index in [-0.39, 0.29) is 19.0 Å². The van der Waals surface area contributed by atoms with E-state index in [2.05, 4.69) is 0 Å². The Labute approximate surface area is 135 Å². The summed E-state index contributed by atoms with van der Waals surface area (Å²) in [5.74, 6) is -0.268. The van der Waals surface area contributed by atoms with Crippen molar-refractivity contribution in [3.63, 3.8) is 0 Å². The van der Waals surface area contributed by atoms with Crippen LogP contribution in [0.4, 0.5) is 4.39 Å². The molecule has 5 nitrogen and oxygen atoms in total. The highest BCUT2D eigenvalue weighted by Gasteiger charge is 2.16. The smallest absolute Gasteiger partial charge is 0.123 e. The van der Waals surface area contributed by atoms with Gasteiger partial charge in [0.05, 0.1) is 25.9 Å². The van der Waals surface area contributed by atoms with Crippen LogP contribution in [-0.2, 0) is 6.54 Å². The monoisotopic (exact) mass is 324 g/mol. The summed E-state index contributed by atoms with van der Waals surface area (Å²) in [4.78, 5) is 1.82. The Hall–Kier alpha value is -1.47. The third kappa shape index (κ3) is 4.09. The first-order chi connectivity index (χ1) is 11.0. The Morgan fingerprint density at radius 1 is 1.17 bits per heavy atom. The molecule has 1 heterocycles. The highest BCUT2D eigenvalue weighted by Crippen LogP contribution is 2.26. The average Bonchev–Trinajstić information content (AvgIpc) is 2.72. The number of rotatable bonds is 8. The summed E-state index contributed by atoms with van der Waals surface area (Å²) in [5, 5.41) is 29.3. The zero-order valence-corrected chi connectivity index (χ0v) is 13.7.